The number of rotatable bonds is 3. The average Bonchev–Trinajstić information content (AvgIpc) is 2.26. The zero-order valence-electron chi connectivity index (χ0n) is 8.07. The summed E-state index contributed by atoms with van der Waals surface area (Å²) in [4.78, 5) is 0. The minimum absolute atomic E-state index is 0.0665. The Morgan fingerprint density at radius 2 is 2.29 bits per heavy atom. The van der Waals surface area contributed by atoms with Crippen molar-refractivity contribution in [2.24, 2.45) is 0 Å². The van der Waals surface area contributed by atoms with Crippen LogP contribution in [0.15, 0.2) is 24.3 Å². The average molecular weight is 190 g/mol. The van der Waals surface area contributed by atoms with Crippen molar-refractivity contribution in [3.05, 3.63) is 35.4 Å². The molecule has 74 valence electrons. The van der Waals surface area contributed by atoms with E-state index in [2.05, 4.69) is 24.3 Å². The zero-order chi connectivity index (χ0) is 9.80. The quantitative estimate of drug-likeness (QED) is 0.790. The molecule has 2 heteroatoms. The molecular weight excluding hydrogens is 176 g/mol. The van der Waals surface area contributed by atoms with Crippen LogP contribution in [0.3, 0.4) is 0 Å². The smallest absolute Gasteiger partial charge is 0.119 e. The number of benzene rings is 1. The molecule has 1 aliphatic rings. The first-order chi connectivity index (χ1) is 6.90. The van der Waals surface area contributed by atoms with Gasteiger partial charge >= 0.3 is 0 Å². The number of hydrogen-bond donors (Lipinski definition) is 1. The fraction of sp³-hybridized carbons (Fsp3) is 0.333. The fourth-order valence-corrected chi connectivity index (χ4v) is 1.66. The van der Waals surface area contributed by atoms with Crippen LogP contribution in [-0.4, -0.2) is 18.3 Å². The van der Waals surface area contributed by atoms with Crippen LogP contribution < -0.4 is 4.74 Å². The van der Waals surface area contributed by atoms with Crippen LogP contribution in [0.25, 0.3) is 6.08 Å². The Kier molecular flexibility index (Phi) is 2.84. The summed E-state index contributed by atoms with van der Waals surface area (Å²) >= 11 is 0. The molecule has 0 aliphatic heterocycles. The standard InChI is InChI=1S/C12H14O2/c13-7-8-14-12-6-5-10-3-1-2-4-11(10)9-12/h1,3,5-6,9,13H,2,4,7-8H2. The van der Waals surface area contributed by atoms with E-state index in [1.54, 1.807) is 0 Å². The summed E-state index contributed by atoms with van der Waals surface area (Å²) in [5.74, 6) is 0.855. The first-order valence-electron chi connectivity index (χ1n) is 4.93. The molecule has 0 aromatic heterocycles. The van der Waals surface area contributed by atoms with Gasteiger partial charge in [-0.25, -0.2) is 0 Å². The molecule has 14 heavy (non-hydrogen) atoms. The molecule has 0 spiro atoms. The van der Waals surface area contributed by atoms with Crippen LogP contribution >= 0.6 is 0 Å². The van der Waals surface area contributed by atoms with Crippen molar-refractivity contribution in [2.75, 3.05) is 13.2 Å². The SMILES string of the molecule is OCCOc1ccc2c(c1)CCC=C2. The summed E-state index contributed by atoms with van der Waals surface area (Å²) in [5, 5.41) is 8.63. The van der Waals surface area contributed by atoms with Crippen molar-refractivity contribution in [3.63, 3.8) is 0 Å². The van der Waals surface area contributed by atoms with E-state index in [1.165, 1.54) is 11.1 Å². The van der Waals surface area contributed by atoms with E-state index in [4.69, 9.17) is 9.84 Å². The summed E-state index contributed by atoms with van der Waals surface area (Å²) < 4.78 is 5.35. The Bertz CT molecular complexity index is 342. The molecule has 0 saturated heterocycles. The van der Waals surface area contributed by atoms with E-state index in [0.717, 1.165) is 18.6 Å². The van der Waals surface area contributed by atoms with Crippen molar-refractivity contribution in [2.45, 2.75) is 12.8 Å². The summed E-state index contributed by atoms with van der Waals surface area (Å²) in [6.45, 7) is 0.436. The van der Waals surface area contributed by atoms with Crippen molar-refractivity contribution in [1.82, 2.24) is 0 Å². The monoisotopic (exact) mass is 190 g/mol. The van der Waals surface area contributed by atoms with Gasteiger partial charge in [-0.2, -0.15) is 0 Å². The minimum Gasteiger partial charge on any atom is -0.491 e. The third kappa shape index (κ3) is 1.96. The Labute approximate surface area is 83.8 Å². The fourth-order valence-electron chi connectivity index (χ4n) is 1.66. The van der Waals surface area contributed by atoms with Gasteiger partial charge in [0.2, 0.25) is 0 Å². The largest absolute Gasteiger partial charge is 0.491 e. The van der Waals surface area contributed by atoms with E-state index < -0.39 is 0 Å². The van der Waals surface area contributed by atoms with E-state index >= 15 is 0 Å². The highest BCUT2D eigenvalue weighted by Gasteiger charge is 2.05. The number of allylic oxidation sites excluding steroid dienone is 1. The molecule has 0 radical (unpaired) electrons. The third-order valence-electron chi connectivity index (χ3n) is 2.35. The van der Waals surface area contributed by atoms with Crippen LogP contribution in [0.4, 0.5) is 0 Å². The van der Waals surface area contributed by atoms with Gasteiger partial charge in [-0.3, -0.25) is 0 Å². The molecule has 2 rings (SSSR count). The maximum atomic E-state index is 8.63. The number of fused-ring (bicyclic) bond motifs is 1. The van der Waals surface area contributed by atoms with Gasteiger partial charge in [0, 0.05) is 0 Å². The van der Waals surface area contributed by atoms with Crippen molar-refractivity contribution >= 4 is 6.08 Å². The van der Waals surface area contributed by atoms with Gasteiger partial charge in [0.15, 0.2) is 0 Å². The highest BCUT2D eigenvalue weighted by atomic mass is 16.5. The number of aliphatic hydroxyl groups is 1. The summed E-state index contributed by atoms with van der Waals surface area (Å²) in [6.07, 6.45) is 6.53. The predicted octanol–water partition coefficient (Wildman–Crippen LogP) is 2.02. The summed E-state index contributed by atoms with van der Waals surface area (Å²) in [6, 6.07) is 6.08. The molecule has 2 nitrogen and oxygen atoms in total. The van der Waals surface area contributed by atoms with Gasteiger partial charge in [0.05, 0.1) is 6.61 Å². The molecule has 0 unspecified atom stereocenters. The molecule has 1 aromatic rings. The summed E-state index contributed by atoms with van der Waals surface area (Å²) in [7, 11) is 0. The minimum atomic E-state index is 0.0665. The highest BCUT2D eigenvalue weighted by molar-refractivity contribution is 5.57. The van der Waals surface area contributed by atoms with Crippen LogP contribution in [0, 0.1) is 0 Å². The lowest BCUT2D eigenvalue weighted by molar-refractivity contribution is 0.201. The Morgan fingerprint density at radius 1 is 1.36 bits per heavy atom. The highest BCUT2D eigenvalue weighted by Crippen LogP contribution is 2.23. The van der Waals surface area contributed by atoms with E-state index in [1.807, 2.05) is 6.07 Å². The lowest BCUT2D eigenvalue weighted by Gasteiger charge is -2.12. The van der Waals surface area contributed by atoms with Gasteiger partial charge in [-0.1, -0.05) is 18.2 Å². The predicted molar refractivity (Wildman–Crippen MR) is 56.4 cm³/mol. The Balaban J connectivity index is 2.17. The lowest BCUT2D eigenvalue weighted by Crippen LogP contribution is -2.02. The van der Waals surface area contributed by atoms with Gasteiger partial charge < -0.3 is 9.84 Å². The van der Waals surface area contributed by atoms with Crippen LogP contribution in [0.1, 0.15) is 17.5 Å². The normalized spacial score (nSPS) is 13.8. The van der Waals surface area contributed by atoms with Crippen LogP contribution in [0.2, 0.25) is 0 Å². The molecular formula is C12H14O2. The van der Waals surface area contributed by atoms with Crippen molar-refractivity contribution in [3.8, 4) is 5.75 Å². The number of ether oxygens (including phenoxy) is 1. The van der Waals surface area contributed by atoms with E-state index in [9.17, 15) is 0 Å². The van der Waals surface area contributed by atoms with E-state index in [-0.39, 0.29) is 6.61 Å². The first kappa shape index (κ1) is 9.28. The number of aliphatic hydroxyl groups excluding tert-OH is 1. The van der Waals surface area contributed by atoms with Gasteiger partial charge in [0.25, 0.3) is 0 Å². The second-order valence-corrected chi connectivity index (χ2v) is 3.37. The van der Waals surface area contributed by atoms with Crippen molar-refractivity contribution < 1.29 is 9.84 Å². The van der Waals surface area contributed by atoms with Gasteiger partial charge in [-0.15, -0.1) is 0 Å². The Hall–Kier alpha value is -1.28. The zero-order valence-corrected chi connectivity index (χ0v) is 8.07. The molecule has 0 heterocycles. The van der Waals surface area contributed by atoms with Gasteiger partial charge in [0.1, 0.15) is 12.4 Å². The molecule has 0 saturated carbocycles. The first-order valence-corrected chi connectivity index (χ1v) is 4.93. The second kappa shape index (κ2) is 4.29. The van der Waals surface area contributed by atoms with E-state index in [0.29, 0.717) is 6.61 Å². The topological polar surface area (TPSA) is 29.5 Å². The molecule has 0 amide bonds. The molecule has 1 N–H and O–H groups in total. The summed E-state index contributed by atoms with van der Waals surface area (Å²) in [5.41, 5.74) is 2.62. The molecule has 0 bridgehead atoms. The number of aryl methyl sites for hydroxylation is 1. The maximum absolute atomic E-state index is 8.63. The van der Waals surface area contributed by atoms with Crippen LogP contribution in [-0.2, 0) is 6.42 Å². The maximum Gasteiger partial charge on any atom is 0.119 e. The lowest BCUT2D eigenvalue weighted by atomic mass is 9.97. The second-order valence-electron chi connectivity index (χ2n) is 3.37. The molecule has 1 aliphatic carbocycles. The third-order valence-corrected chi connectivity index (χ3v) is 2.35. The number of hydrogen-bond acceptors (Lipinski definition) is 2. The molecule has 0 fully saturated rings. The Morgan fingerprint density at radius 3 is 3.14 bits per heavy atom. The van der Waals surface area contributed by atoms with Crippen molar-refractivity contribution in [1.29, 1.82) is 0 Å². The van der Waals surface area contributed by atoms with Crippen LogP contribution in [0.5, 0.6) is 5.75 Å². The van der Waals surface area contributed by atoms with Gasteiger partial charge in [-0.05, 0) is 36.1 Å². The molecule has 0 atom stereocenters. The molecule has 1 aromatic carbocycles.